The van der Waals surface area contributed by atoms with Crippen molar-refractivity contribution < 1.29 is 4.92 Å². The highest BCUT2D eigenvalue weighted by atomic mass is 32.2. The average Bonchev–Trinajstić information content (AvgIpc) is 3.17. The number of nitro benzene ring substituents is 1. The third kappa shape index (κ3) is 3.28. The summed E-state index contributed by atoms with van der Waals surface area (Å²) in [5.41, 5.74) is 1.90. The zero-order valence-corrected chi connectivity index (χ0v) is 12.4. The Balaban J connectivity index is 2.04. The molecule has 0 spiro atoms. The normalized spacial score (nSPS) is 18.1. The van der Waals surface area contributed by atoms with Crippen molar-refractivity contribution in [3.05, 3.63) is 39.4 Å². The Labute approximate surface area is 118 Å². The van der Waals surface area contributed by atoms with E-state index in [9.17, 15) is 10.1 Å². The second kappa shape index (κ2) is 5.51. The first-order chi connectivity index (χ1) is 8.97. The molecule has 1 aliphatic carbocycles. The Morgan fingerprint density at radius 3 is 2.74 bits per heavy atom. The van der Waals surface area contributed by atoms with E-state index < -0.39 is 0 Å². The minimum Gasteiger partial charge on any atom is -0.309 e. The van der Waals surface area contributed by atoms with E-state index in [1.54, 1.807) is 13.0 Å². The summed E-state index contributed by atoms with van der Waals surface area (Å²) >= 11 is 1.92. The van der Waals surface area contributed by atoms with Gasteiger partial charge in [0.05, 0.1) is 4.92 Å². The lowest BCUT2D eigenvalue weighted by Crippen LogP contribution is -2.28. The van der Waals surface area contributed by atoms with Crippen LogP contribution in [0, 0.1) is 17.0 Å². The fraction of sp³-hybridized carbons (Fsp3) is 0.571. The van der Waals surface area contributed by atoms with Gasteiger partial charge in [-0.1, -0.05) is 12.1 Å². The molecule has 0 radical (unpaired) electrons. The van der Waals surface area contributed by atoms with E-state index in [1.807, 2.05) is 23.9 Å². The van der Waals surface area contributed by atoms with Crippen LogP contribution in [0.5, 0.6) is 0 Å². The number of hydrogen-bond donors (Lipinski definition) is 1. The third-order valence-electron chi connectivity index (χ3n) is 3.90. The molecule has 0 aliphatic heterocycles. The second-order valence-corrected chi connectivity index (χ2v) is 6.57. The van der Waals surface area contributed by atoms with E-state index in [0.29, 0.717) is 10.3 Å². The lowest BCUT2D eigenvalue weighted by molar-refractivity contribution is -0.385. The van der Waals surface area contributed by atoms with Gasteiger partial charge >= 0.3 is 0 Å². The fourth-order valence-electron chi connectivity index (χ4n) is 2.14. The van der Waals surface area contributed by atoms with E-state index in [1.165, 1.54) is 12.8 Å². The van der Waals surface area contributed by atoms with Crippen molar-refractivity contribution in [1.29, 1.82) is 0 Å². The molecule has 1 aromatic rings. The molecule has 0 heterocycles. The molecule has 1 saturated carbocycles. The average molecular weight is 280 g/mol. The first-order valence-electron chi connectivity index (χ1n) is 6.51. The van der Waals surface area contributed by atoms with Crippen LogP contribution in [0.25, 0.3) is 0 Å². The Kier molecular flexibility index (Phi) is 4.16. The van der Waals surface area contributed by atoms with Crippen LogP contribution in [0.1, 0.15) is 36.9 Å². The molecule has 1 atom stereocenters. The van der Waals surface area contributed by atoms with Crippen LogP contribution in [0.2, 0.25) is 0 Å². The summed E-state index contributed by atoms with van der Waals surface area (Å²) in [6, 6.07) is 5.63. The van der Waals surface area contributed by atoms with Crippen molar-refractivity contribution in [2.24, 2.45) is 0 Å². The van der Waals surface area contributed by atoms with Gasteiger partial charge in [0.25, 0.3) is 5.69 Å². The zero-order chi connectivity index (χ0) is 14.0. The quantitative estimate of drug-likeness (QED) is 0.640. The highest BCUT2D eigenvalue weighted by Crippen LogP contribution is 2.46. The molecule has 2 rings (SSSR count). The summed E-state index contributed by atoms with van der Waals surface area (Å²) in [4.78, 5) is 10.6. The summed E-state index contributed by atoms with van der Waals surface area (Å²) < 4.78 is 0.408. The number of nitrogens with one attached hydrogen (secondary N) is 1. The standard InChI is InChI=1S/C14H20N2O2S/c1-10-4-5-12(8-13(10)16(17)18)11(2)15-9-14(19-3)6-7-14/h4-5,8,11,15H,6-7,9H2,1-3H3. The molecule has 0 bridgehead atoms. The van der Waals surface area contributed by atoms with Crippen LogP contribution in [-0.2, 0) is 0 Å². The molecule has 0 amide bonds. The van der Waals surface area contributed by atoms with Crippen LogP contribution >= 0.6 is 11.8 Å². The fourth-order valence-corrected chi connectivity index (χ4v) is 2.88. The number of rotatable bonds is 6. The zero-order valence-electron chi connectivity index (χ0n) is 11.6. The van der Waals surface area contributed by atoms with E-state index in [4.69, 9.17) is 0 Å². The summed E-state index contributed by atoms with van der Waals surface area (Å²) in [7, 11) is 0. The van der Waals surface area contributed by atoms with E-state index in [0.717, 1.165) is 12.1 Å². The molecular formula is C14H20N2O2S. The van der Waals surface area contributed by atoms with Gasteiger partial charge in [0.1, 0.15) is 0 Å². The number of nitrogens with zero attached hydrogens (tertiary/aromatic N) is 1. The summed E-state index contributed by atoms with van der Waals surface area (Å²) in [6.45, 7) is 4.80. The van der Waals surface area contributed by atoms with Crippen LogP contribution in [0.15, 0.2) is 18.2 Å². The first-order valence-corrected chi connectivity index (χ1v) is 7.73. The molecule has 104 valence electrons. The monoisotopic (exact) mass is 280 g/mol. The maximum absolute atomic E-state index is 11.0. The lowest BCUT2D eigenvalue weighted by atomic mass is 10.0. The Morgan fingerprint density at radius 1 is 1.53 bits per heavy atom. The van der Waals surface area contributed by atoms with Gasteiger partial charge in [-0.15, -0.1) is 0 Å². The predicted octanol–water partition coefficient (Wildman–Crippen LogP) is 3.45. The van der Waals surface area contributed by atoms with Crippen molar-refractivity contribution in [2.45, 2.75) is 37.5 Å². The molecule has 0 aromatic heterocycles. The summed E-state index contributed by atoms with van der Waals surface area (Å²) in [5, 5.41) is 14.4. The van der Waals surface area contributed by atoms with Crippen LogP contribution in [0.3, 0.4) is 0 Å². The number of thioether (sulfide) groups is 1. The Hall–Kier alpha value is -1.07. The Bertz CT molecular complexity index is 486. The Morgan fingerprint density at radius 2 is 2.21 bits per heavy atom. The largest absolute Gasteiger partial charge is 0.309 e. The summed E-state index contributed by atoms with van der Waals surface area (Å²) in [5.74, 6) is 0. The van der Waals surface area contributed by atoms with E-state index >= 15 is 0 Å². The predicted molar refractivity (Wildman–Crippen MR) is 79.7 cm³/mol. The molecular weight excluding hydrogens is 260 g/mol. The van der Waals surface area contributed by atoms with Crippen LogP contribution in [0.4, 0.5) is 5.69 Å². The SMILES string of the molecule is CSC1(CNC(C)c2ccc(C)c([N+](=O)[O-])c2)CC1. The van der Waals surface area contributed by atoms with Crippen molar-refractivity contribution in [3.8, 4) is 0 Å². The highest BCUT2D eigenvalue weighted by Gasteiger charge is 2.41. The molecule has 1 fully saturated rings. The van der Waals surface area contributed by atoms with Gasteiger partial charge in [-0.25, -0.2) is 0 Å². The molecule has 1 N–H and O–H groups in total. The molecule has 0 saturated heterocycles. The first kappa shape index (κ1) is 14.3. The molecule has 19 heavy (non-hydrogen) atoms. The minimum atomic E-state index is -0.310. The minimum absolute atomic E-state index is 0.143. The van der Waals surface area contributed by atoms with E-state index in [2.05, 4.69) is 18.5 Å². The van der Waals surface area contributed by atoms with Crippen LogP contribution < -0.4 is 5.32 Å². The van der Waals surface area contributed by atoms with Gasteiger partial charge in [-0.2, -0.15) is 11.8 Å². The van der Waals surface area contributed by atoms with Gasteiger partial charge in [0.15, 0.2) is 0 Å². The summed E-state index contributed by atoms with van der Waals surface area (Å²) in [6.07, 6.45) is 4.68. The highest BCUT2D eigenvalue weighted by molar-refractivity contribution is 8.00. The van der Waals surface area contributed by atoms with Crippen LogP contribution in [-0.4, -0.2) is 22.5 Å². The van der Waals surface area contributed by atoms with Gasteiger partial charge < -0.3 is 5.32 Å². The number of hydrogen-bond acceptors (Lipinski definition) is 4. The smallest absolute Gasteiger partial charge is 0.272 e. The van der Waals surface area contributed by atoms with Gasteiger partial charge in [-0.3, -0.25) is 10.1 Å². The lowest BCUT2D eigenvalue weighted by Gasteiger charge is -2.19. The maximum Gasteiger partial charge on any atom is 0.272 e. The molecule has 1 aromatic carbocycles. The number of benzene rings is 1. The molecule has 1 aliphatic rings. The van der Waals surface area contributed by atoms with Gasteiger partial charge in [0.2, 0.25) is 0 Å². The van der Waals surface area contributed by atoms with Gasteiger partial charge in [0, 0.05) is 29.0 Å². The molecule has 4 nitrogen and oxygen atoms in total. The third-order valence-corrected chi connectivity index (χ3v) is 5.32. The van der Waals surface area contributed by atoms with Gasteiger partial charge in [-0.05, 0) is 38.5 Å². The van der Waals surface area contributed by atoms with Crippen molar-refractivity contribution in [1.82, 2.24) is 5.32 Å². The van der Waals surface area contributed by atoms with Crippen molar-refractivity contribution >= 4 is 17.4 Å². The van der Waals surface area contributed by atoms with E-state index in [-0.39, 0.29) is 16.7 Å². The second-order valence-electron chi connectivity index (χ2n) is 5.29. The molecule has 1 unspecified atom stereocenters. The molecule has 5 heteroatoms. The maximum atomic E-state index is 11.0. The topological polar surface area (TPSA) is 55.2 Å². The van der Waals surface area contributed by atoms with Crippen molar-refractivity contribution in [3.63, 3.8) is 0 Å². The van der Waals surface area contributed by atoms with Crippen molar-refractivity contribution in [2.75, 3.05) is 12.8 Å². The number of nitro groups is 1. The number of aryl methyl sites for hydroxylation is 1.